The third-order valence-electron chi connectivity index (χ3n) is 4.98. The van der Waals surface area contributed by atoms with E-state index in [2.05, 4.69) is 43.0 Å². The van der Waals surface area contributed by atoms with Gasteiger partial charge in [-0.15, -0.1) is 12.6 Å². The van der Waals surface area contributed by atoms with Crippen LogP contribution in [0.25, 0.3) is 0 Å². The highest BCUT2D eigenvalue weighted by atomic mass is 32.1. The Kier molecular flexibility index (Phi) is 10.6. The van der Waals surface area contributed by atoms with E-state index in [-0.39, 0.29) is 44.0 Å². The van der Waals surface area contributed by atoms with Gasteiger partial charge in [-0.2, -0.15) is 0 Å². The van der Waals surface area contributed by atoms with Gasteiger partial charge < -0.3 is 24.8 Å². The molecule has 9 nitrogen and oxygen atoms in total. The predicted molar refractivity (Wildman–Crippen MR) is 130 cm³/mol. The Balaban J connectivity index is 2.15. The maximum atomic E-state index is 13.0. The molecule has 0 bridgehead atoms. The van der Waals surface area contributed by atoms with Crippen LogP contribution in [0.1, 0.15) is 16.8 Å². The molecule has 0 aliphatic carbocycles. The first-order chi connectivity index (χ1) is 16.3. The molecule has 1 aromatic carbocycles. The van der Waals surface area contributed by atoms with Gasteiger partial charge in [0.1, 0.15) is 31.5 Å². The van der Waals surface area contributed by atoms with Crippen molar-refractivity contribution in [3.8, 4) is 5.75 Å². The van der Waals surface area contributed by atoms with Crippen molar-refractivity contribution in [3.05, 3.63) is 61.7 Å². The molecule has 1 aliphatic heterocycles. The number of thiol groups is 1. The summed E-state index contributed by atoms with van der Waals surface area (Å²) in [5.74, 6) is -2.97. The summed E-state index contributed by atoms with van der Waals surface area (Å²) in [7, 11) is 0. The number of hydrogen-bond donors (Lipinski definition) is 3. The molecule has 34 heavy (non-hydrogen) atoms. The van der Waals surface area contributed by atoms with Crippen molar-refractivity contribution in [1.29, 1.82) is 0 Å². The molecular formula is C24H28N2O7S. The van der Waals surface area contributed by atoms with Crippen LogP contribution in [0.15, 0.2) is 56.2 Å². The largest absolute Gasteiger partial charge is 0.487 e. The van der Waals surface area contributed by atoms with Crippen molar-refractivity contribution < 1.29 is 33.4 Å². The van der Waals surface area contributed by atoms with E-state index in [1.54, 1.807) is 12.1 Å². The molecular weight excluding hydrogens is 460 g/mol. The summed E-state index contributed by atoms with van der Waals surface area (Å²) in [5.41, 5.74) is 0.475. The third kappa shape index (κ3) is 7.32. The quantitative estimate of drug-likeness (QED) is 0.167. The topological polar surface area (TPSA) is 120 Å². The molecule has 2 N–H and O–H groups in total. The standard InChI is InChI=1S/C24H28N2O7S/c1-4-9-31-19-8-7-15(22(28)32-10-5-2)12-17(19)26-21(27)18-13-16(14-25-18)20(24(30)34)23(29)33-11-6-3/h4-8,12,16,18,20,25H,1-3,9-11,13-14H2,(H,26,27)(H,30,34). The second-order valence-corrected chi connectivity index (χ2v) is 7.82. The lowest BCUT2D eigenvalue weighted by Crippen LogP contribution is -2.35. The van der Waals surface area contributed by atoms with Gasteiger partial charge >= 0.3 is 11.9 Å². The molecule has 3 atom stereocenters. The van der Waals surface area contributed by atoms with Gasteiger partial charge in [-0.25, -0.2) is 4.79 Å². The fourth-order valence-electron chi connectivity index (χ4n) is 3.41. The number of rotatable bonds is 13. The molecule has 1 aliphatic rings. The van der Waals surface area contributed by atoms with Gasteiger partial charge in [-0.1, -0.05) is 38.0 Å². The minimum absolute atomic E-state index is 0.0283. The van der Waals surface area contributed by atoms with E-state index >= 15 is 0 Å². The van der Waals surface area contributed by atoms with E-state index in [9.17, 15) is 19.2 Å². The minimum Gasteiger partial charge on any atom is -0.487 e. The predicted octanol–water partition coefficient (Wildman–Crippen LogP) is 2.31. The number of nitrogens with one attached hydrogen (secondary N) is 2. The Bertz CT molecular complexity index is 963. The normalized spacial score (nSPS) is 17.7. The first kappa shape index (κ1) is 26.9. The molecule has 1 aromatic rings. The average molecular weight is 489 g/mol. The van der Waals surface area contributed by atoms with Crippen molar-refractivity contribution in [1.82, 2.24) is 5.32 Å². The van der Waals surface area contributed by atoms with Crippen LogP contribution >= 0.6 is 12.6 Å². The third-order valence-corrected chi connectivity index (χ3v) is 5.26. The van der Waals surface area contributed by atoms with E-state index in [4.69, 9.17) is 14.2 Å². The number of ether oxygens (including phenoxy) is 3. The van der Waals surface area contributed by atoms with Gasteiger partial charge in [-0.05, 0) is 30.5 Å². The fraction of sp³-hybridized carbons (Fsp3) is 0.333. The zero-order chi connectivity index (χ0) is 25.1. The van der Waals surface area contributed by atoms with Crippen molar-refractivity contribution >= 4 is 41.3 Å². The maximum absolute atomic E-state index is 13.0. The van der Waals surface area contributed by atoms with Crippen LogP contribution in [0.3, 0.4) is 0 Å². The van der Waals surface area contributed by atoms with Crippen LogP contribution in [0.5, 0.6) is 5.75 Å². The first-order valence-electron chi connectivity index (χ1n) is 10.5. The van der Waals surface area contributed by atoms with E-state index < -0.39 is 40.8 Å². The lowest BCUT2D eigenvalue weighted by Gasteiger charge is -2.18. The van der Waals surface area contributed by atoms with Gasteiger partial charge in [0.15, 0.2) is 5.12 Å². The van der Waals surface area contributed by atoms with Gasteiger partial charge in [0.05, 0.1) is 17.3 Å². The number of anilines is 1. The fourth-order valence-corrected chi connectivity index (χ4v) is 3.73. The number of benzene rings is 1. The van der Waals surface area contributed by atoms with E-state index in [1.807, 2.05) is 0 Å². The number of amides is 1. The molecule has 0 saturated carbocycles. The Labute approximate surface area is 203 Å². The minimum atomic E-state index is -1.11. The van der Waals surface area contributed by atoms with E-state index in [1.165, 1.54) is 24.3 Å². The van der Waals surface area contributed by atoms with Crippen LogP contribution in [-0.2, 0) is 23.9 Å². The number of esters is 2. The molecule has 10 heteroatoms. The van der Waals surface area contributed by atoms with Crippen molar-refractivity contribution in [2.45, 2.75) is 12.5 Å². The molecule has 0 aromatic heterocycles. The molecule has 1 heterocycles. The van der Waals surface area contributed by atoms with E-state index in [0.29, 0.717) is 5.75 Å². The summed E-state index contributed by atoms with van der Waals surface area (Å²) in [5, 5.41) is 5.13. The molecule has 3 unspecified atom stereocenters. The summed E-state index contributed by atoms with van der Waals surface area (Å²) < 4.78 is 15.6. The summed E-state index contributed by atoms with van der Waals surface area (Å²) in [6, 6.07) is 3.80. The van der Waals surface area contributed by atoms with Crippen LogP contribution < -0.4 is 15.4 Å². The molecule has 182 valence electrons. The van der Waals surface area contributed by atoms with Crippen molar-refractivity contribution in [3.63, 3.8) is 0 Å². The summed E-state index contributed by atoms with van der Waals surface area (Å²) in [4.78, 5) is 49.4. The lowest BCUT2D eigenvalue weighted by molar-refractivity contribution is -0.151. The first-order valence-corrected chi connectivity index (χ1v) is 11.0. The molecule has 1 saturated heterocycles. The second-order valence-electron chi connectivity index (χ2n) is 7.38. The Morgan fingerprint density at radius 2 is 1.76 bits per heavy atom. The smallest absolute Gasteiger partial charge is 0.338 e. The second kappa shape index (κ2) is 13.4. The highest BCUT2D eigenvalue weighted by Crippen LogP contribution is 2.29. The van der Waals surface area contributed by atoms with Crippen LogP contribution in [-0.4, -0.2) is 55.4 Å². The van der Waals surface area contributed by atoms with Crippen molar-refractivity contribution in [2.75, 3.05) is 31.7 Å². The summed E-state index contributed by atoms with van der Waals surface area (Å²) in [6.45, 7) is 11.0. The Hall–Kier alpha value is -3.37. The highest BCUT2D eigenvalue weighted by Gasteiger charge is 2.41. The lowest BCUT2D eigenvalue weighted by atomic mass is 9.90. The summed E-state index contributed by atoms with van der Waals surface area (Å²) in [6.07, 6.45) is 4.59. The zero-order valence-electron chi connectivity index (χ0n) is 18.7. The number of carbonyl (C=O) groups excluding carboxylic acids is 4. The molecule has 1 amide bonds. The van der Waals surface area contributed by atoms with E-state index in [0.717, 1.165) is 0 Å². The number of carbonyl (C=O) groups is 4. The Morgan fingerprint density at radius 1 is 1.09 bits per heavy atom. The van der Waals surface area contributed by atoms with Crippen LogP contribution in [0.2, 0.25) is 0 Å². The summed E-state index contributed by atoms with van der Waals surface area (Å²) >= 11 is 3.82. The van der Waals surface area contributed by atoms with Gasteiger partial charge in [0.25, 0.3) is 0 Å². The molecule has 0 radical (unpaired) electrons. The van der Waals surface area contributed by atoms with Gasteiger partial charge in [0.2, 0.25) is 5.91 Å². The maximum Gasteiger partial charge on any atom is 0.338 e. The van der Waals surface area contributed by atoms with Crippen LogP contribution in [0.4, 0.5) is 5.69 Å². The van der Waals surface area contributed by atoms with Gasteiger partial charge in [0, 0.05) is 6.54 Å². The van der Waals surface area contributed by atoms with Gasteiger partial charge in [-0.3, -0.25) is 14.4 Å². The number of hydrogen-bond acceptors (Lipinski definition) is 8. The van der Waals surface area contributed by atoms with Crippen molar-refractivity contribution in [2.24, 2.45) is 11.8 Å². The SMILES string of the molecule is C=CCOC(=O)c1ccc(OCC=C)c(NC(=O)C2CC(C(C(=O)S)C(=O)OCC=C)CN2)c1. The molecule has 1 fully saturated rings. The monoisotopic (exact) mass is 488 g/mol. The molecule has 2 rings (SSSR count). The molecule has 0 spiro atoms. The van der Waals surface area contributed by atoms with Crippen LogP contribution in [0, 0.1) is 11.8 Å². The average Bonchev–Trinajstić information content (AvgIpc) is 3.29. The highest BCUT2D eigenvalue weighted by molar-refractivity contribution is 7.96. The zero-order valence-corrected chi connectivity index (χ0v) is 19.6. The Morgan fingerprint density at radius 3 is 2.41 bits per heavy atom.